The Morgan fingerprint density at radius 3 is 2.66 bits per heavy atom. The first-order valence-corrected chi connectivity index (χ1v) is 12.5. The zero-order chi connectivity index (χ0) is 22.7. The van der Waals surface area contributed by atoms with E-state index < -0.39 is 5.97 Å². The molecule has 1 aliphatic rings. The van der Waals surface area contributed by atoms with Crippen molar-refractivity contribution in [2.45, 2.75) is 24.0 Å². The van der Waals surface area contributed by atoms with Gasteiger partial charge in [0.15, 0.2) is 0 Å². The molecule has 5 nitrogen and oxygen atoms in total. The van der Waals surface area contributed by atoms with Crippen LogP contribution in [0, 0.1) is 0 Å². The molecule has 0 radical (unpaired) electrons. The van der Waals surface area contributed by atoms with Gasteiger partial charge in [-0.15, -0.1) is 11.3 Å². The highest BCUT2D eigenvalue weighted by molar-refractivity contribution is 8.01. The van der Waals surface area contributed by atoms with Gasteiger partial charge in [-0.25, -0.2) is 4.79 Å². The Morgan fingerprint density at radius 2 is 1.97 bits per heavy atom. The van der Waals surface area contributed by atoms with Gasteiger partial charge in [0.2, 0.25) is 0 Å². The number of thiophene rings is 1. The third kappa shape index (κ3) is 5.65. The van der Waals surface area contributed by atoms with E-state index in [-0.39, 0.29) is 17.4 Å². The summed E-state index contributed by atoms with van der Waals surface area (Å²) < 4.78 is 9.56. The van der Waals surface area contributed by atoms with Crippen molar-refractivity contribution in [1.82, 2.24) is 4.90 Å². The summed E-state index contributed by atoms with van der Waals surface area (Å²) in [5.74, 6) is -0.704. The predicted octanol–water partition coefficient (Wildman–Crippen LogP) is 6.96. The fraction of sp³-hybridized carbons (Fsp3) is 0.227. The number of phenolic OH excluding ortho intramolecular Hbond substituents is 1. The topological polar surface area (TPSA) is 61.8 Å². The molecule has 10 heteroatoms. The van der Waals surface area contributed by atoms with Crippen molar-refractivity contribution in [3.05, 3.63) is 73.4 Å². The Kier molecular flexibility index (Phi) is 7.76. The van der Waals surface area contributed by atoms with Crippen LogP contribution < -0.4 is 4.72 Å². The molecule has 4 rings (SSSR count). The summed E-state index contributed by atoms with van der Waals surface area (Å²) in [7, 11) is 0. The van der Waals surface area contributed by atoms with E-state index in [9.17, 15) is 9.90 Å². The Bertz CT molecular complexity index is 1110. The van der Waals surface area contributed by atoms with Crippen molar-refractivity contribution in [2.75, 3.05) is 17.8 Å². The monoisotopic (exact) mass is 528 g/mol. The summed E-state index contributed by atoms with van der Waals surface area (Å²) in [5, 5.41) is 10.7. The third-order valence-corrected chi connectivity index (χ3v) is 8.47. The number of nitrogens with zero attached hydrogens (tertiary/aromatic N) is 1. The molecule has 32 heavy (non-hydrogen) atoms. The molecule has 2 heterocycles. The van der Waals surface area contributed by atoms with E-state index >= 15 is 0 Å². The number of anilines is 1. The smallest absolute Gasteiger partial charge is 0.342 e. The third-order valence-electron chi connectivity index (χ3n) is 4.97. The van der Waals surface area contributed by atoms with Gasteiger partial charge in [-0.1, -0.05) is 65.1 Å². The van der Waals surface area contributed by atoms with E-state index in [2.05, 4.69) is 21.8 Å². The van der Waals surface area contributed by atoms with Gasteiger partial charge >= 0.3 is 5.97 Å². The SMILES string of the molecule is O=C(OC1CCN(Cc2ccccc2)C1)c1ccc(NSc2c(Cl)sc(Cl)c2Cl)cc1O. The highest BCUT2D eigenvalue weighted by Crippen LogP contribution is 2.45. The number of halogens is 3. The second-order valence-corrected chi connectivity index (χ2v) is 10.7. The highest BCUT2D eigenvalue weighted by atomic mass is 35.5. The minimum Gasteiger partial charge on any atom is -0.507 e. The molecule has 0 saturated carbocycles. The van der Waals surface area contributed by atoms with Crippen LogP contribution in [-0.2, 0) is 11.3 Å². The number of likely N-dealkylation sites (tertiary alicyclic amines) is 1. The number of carbonyl (C=O) groups is 1. The Balaban J connectivity index is 1.32. The van der Waals surface area contributed by atoms with E-state index in [1.165, 1.54) is 41.0 Å². The molecule has 3 aromatic rings. The molecule has 168 valence electrons. The largest absolute Gasteiger partial charge is 0.507 e. The predicted molar refractivity (Wildman–Crippen MR) is 132 cm³/mol. The standard InChI is InChI=1S/C22H19Cl3N2O3S2/c23-18-19(21(25)31-20(18)24)32-26-14-6-7-16(17(28)10-14)22(29)30-15-8-9-27(12-15)11-13-4-2-1-3-5-13/h1-7,10,15,26,28H,8-9,11-12H2. The van der Waals surface area contributed by atoms with Crippen LogP contribution in [0.1, 0.15) is 22.3 Å². The number of hydrogen-bond acceptors (Lipinski definition) is 7. The van der Waals surface area contributed by atoms with Gasteiger partial charge in [0.1, 0.15) is 26.1 Å². The van der Waals surface area contributed by atoms with Crippen LogP contribution in [0.25, 0.3) is 0 Å². The van der Waals surface area contributed by atoms with Crippen LogP contribution in [0.4, 0.5) is 5.69 Å². The minimum atomic E-state index is -0.538. The van der Waals surface area contributed by atoms with Crippen LogP contribution >= 0.6 is 58.1 Å². The molecular weight excluding hydrogens is 511 g/mol. The van der Waals surface area contributed by atoms with E-state index in [4.69, 9.17) is 39.5 Å². The summed E-state index contributed by atoms with van der Waals surface area (Å²) in [6.45, 7) is 2.35. The lowest BCUT2D eigenvalue weighted by Gasteiger charge is -2.16. The summed E-state index contributed by atoms with van der Waals surface area (Å²) in [6.07, 6.45) is 0.562. The van der Waals surface area contributed by atoms with Crippen LogP contribution in [0.15, 0.2) is 53.4 Å². The highest BCUT2D eigenvalue weighted by Gasteiger charge is 2.27. The molecular formula is C22H19Cl3N2O3S2. The van der Waals surface area contributed by atoms with E-state index in [0.29, 0.717) is 30.8 Å². The summed E-state index contributed by atoms with van der Waals surface area (Å²) in [4.78, 5) is 15.5. The van der Waals surface area contributed by atoms with Gasteiger partial charge in [-0.05, 0) is 36.1 Å². The van der Waals surface area contributed by atoms with Crippen molar-refractivity contribution in [3.8, 4) is 5.75 Å². The van der Waals surface area contributed by atoms with Gasteiger partial charge in [-0.2, -0.15) is 0 Å². The number of carbonyl (C=O) groups excluding carboxylic acids is 1. The number of ether oxygens (including phenoxy) is 1. The fourth-order valence-corrected chi connectivity index (χ4v) is 6.25. The zero-order valence-electron chi connectivity index (χ0n) is 16.7. The number of benzene rings is 2. The van der Waals surface area contributed by atoms with Crippen molar-refractivity contribution >= 4 is 69.7 Å². The summed E-state index contributed by atoms with van der Waals surface area (Å²) in [5.41, 5.74) is 1.93. The molecule has 2 aromatic carbocycles. The molecule has 0 spiro atoms. The Labute approximate surface area is 209 Å². The quantitative estimate of drug-likeness (QED) is 0.255. The maximum absolute atomic E-state index is 12.6. The van der Waals surface area contributed by atoms with Crippen LogP contribution in [-0.4, -0.2) is 35.2 Å². The maximum Gasteiger partial charge on any atom is 0.342 e. The molecule has 1 fully saturated rings. The second-order valence-electron chi connectivity index (χ2n) is 7.27. The second kappa shape index (κ2) is 10.5. The maximum atomic E-state index is 12.6. The first-order valence-electron chi connectivity index (χ1n) is 9.77. The molecule has 1 aromatic heterocycles. The fourth-order valence-electron chi connectivity index (χ4n) is 3.40. The molecule has 0 bridgehead atoms. The van der Waals surface area contributed by atoms with Crippen molar-refractivity contribution < 1.29 is 14.6 Å². The minimum absolute atomic E-state index is 0.122. The van der Waals surface area contributed by atoms with Crippen molar-refractivity contribution in [3.63, 3.8) is 0 Å². The van der Waals surface area contributed by atoms with Crippen LogP contribution in [0.5, 0.6) is 5.75 Å². The molecule has 1 unspecified atom stereocenters. The number of rotatable bonds is 7. The number of esters is 1. The number of phenols is 1. The Hall–Kier alpha value is -1.61. The molecule has 0 aliphatic carbocycles. The van der Waals surface area contributed by atoms with E-state index in [0.717, 1.165) is 19.5 Å². The number of nitrogens with one attached hydrogen (secondary N) is 1. The lowest BCUT2D eigenvalue weighted by molar-refractivity contribution is 0.0317. The van der Waals surface area contributed by atoms with Gasteiger partial charge in [-0.3, -0.25) is 4.90 Å². The molecule has 1 aliphatic heterocycles. The van der Waals surface area contributed by atoms with E-state index in [1.807, 2.05) is 18.2 Å². The van der Waals surface area contributed by atoms with Gasteiger partial charge < -0.3 is 14.6 Å². The normalized spacial score (nSPS) is 16.3. The number of hydrogen-bond donors (Lipinski definition) is 2. The molecule has 0 amide bonds. The van der Waals surface area contributed by atoms with Gasteiger partial charge in [0, 0.05) is 31.4 Å². The average Bonchev–Trinajstić information content (AvgIpc) is 3.30. The molecule has 1 atom stereocenters. The van der Waals surface area contributed by atoms with Crippen molar-refractivity contribution in [2.24, 2.45) is 0 Å². The van der Waals surface area contributed by atoms with Gasteiger partial charge in [0.05, 0.1) is 9.92 Å². The Morgan fingerprint density at radius 1 is 1.19 bits per heavy atom. The van der Waals surface area contributed by atoms with Gasteiger partial charge in [0.25, 0.3) is 0 Å². The summed E-state index contributed by atoms with van der Waals surface area (Å²) in [6, 6.07) is 14.8. The van der Waals surface area contributed by atoms with Crippen molar-refractivity contribution in [1.29, 1.82) is 0 Å². The first-order chi connectivity index (χ1) is 15.4. The lowest BCUT2D eigenvalue weighted by Crippen LogP contribution is -2.24. The molecule has 1 saturated heterocycles. The lowest BCUT2D eigenvalue weighted by atomic mass is 10.2. The first kappa shape index (κ1) is 23.5. The summed E-state index contributed by atoms with van der Waals surface area (Å²) >= 11 is 20.6. The van der Waals surface area contributed by atoms with Crippen LogP contribution in [0.2, 0.25) is 13.7 Å². The van der Waals surface area contributed by atoms with E-state index in [1.54, 1.807) is 6.07 Å². The number of aromatic hydroxyl groups is 1. The molecule has 2 N–H and O–H groups in total. The zero-order valence-corrected chi connectivity index (χ0v) is 20.6. The average molecular weight is 530 g/mol. The van der Waals surface area contributed by atoms with Crippen LogP contribution in [0.3, 0.4) is 0 Å².